The average molecular weight is 315 g/mol. The van der Waals surface area contributed by atoms with E-state index in [1.807, 2.05) is 6.20 Å². The molecule has 0 atom stereocenters. The molecule has 4 rings (SSSR count). The van der Waals surface area contributed by atoms with Crippen molar-refractivity contribution in [3.8, 4) is 11.3 Å². The molecular formula is C23H25N. The summed E-state index contributed by atoms with van der Waals surface area (Å²) in [5.74, 6) is 0. The number of hydrogen-bond acceptors (Lipinski definition) is 1. The molecule has 1 nitrogen and oxygen atoms in total. The van der Waals surface area contributed by atoms with Gasteiger partial charge in [0.15, 0.2) is 0 Å². The first-order valence-electron chi connectivity index (χ1n) is 8.87. The van der Waals surface area contributed by atoms with Crippen molar-refractivity contribution >= 4 is 10.8 Å². The van der Waals surface area contributed by atoms with Gasteiger partial charge >= 0.3 is 0 Å². The molecule has 1 heterocycles. The third-order valence-corrected chi connectivity index (χ3v) is 5.78. The van der Waals surface area contributed by atoms with Gasteiger partial charge in [0, 0.05) is 17.1 Å². The van der Waals surface area contributed by atoms with E-state index in [0.717, 1.165) is 5.69 Å². The third kappa shape index (κ3) is 2.43. The van der Waals surface area contributed by atoms with Gasteiger partial charge in [-0.25, -0.2) is 0 Å². The summed E-state index contributed by atoms with van der Waals surface area (Å²) < 4.78 is 0. The van der Waals surface area contributed by atoms with Crippen LogP contribution < -0.4 is 0 Å². The molecule has 0 aliphatic heterocycles. The van der Waals surface area contributed by atoms with Crippen LogP contribution in [-0.2, 0) is 10.8 Å². The van der Waals surface area contributed by atoms with Crippen molar-refractivity contribution < 1.29 is 0 Å². The summed E-state index contributed by atoms with van der Waals surface area (Å²) in [4.78, 5) is 4.71. The maximum atomic E-state index is 4.71. The first-order valence-corrected chi connectivity index (χ1v) is 8.87. The number of rotatable bonds is 1. The summed E-state index contributed by atoms with van der Waals surface area (Å²) in [5, 5.41) is 2.44. The van der Waals surface area contributed by atoms with Crippen molar-refractivity contribution in [2.75, 3.05) is 0 Å². The highest BCUT2D eigenvalue weighted by atomic mass is 14.7. The van der Waals surface area contributed by atoms with E-state index in [4.69, 9.17) is 4.98 Å². The average Bonchev–Trinajstić information content (AvgIpc) is 2.58. The van der Waals surface area contributed by atoms with Gasteiger partial charge in [0.05, 0.1) is 5.69 Å². The van der Waals surface area contributed by atoms with Gasteiger partial charge in [0.2, 0.25) is 0 Å². The van der Waals surface area contributed by atoms with Crippen LogP contribution in [0.1, 0.15) is 51.7 Å². The molecule has 2 aromatic carbocycles. The molecule has 1 aliphatic carbocycles. The zero-order chi connectivity index (χ0) is 16.9. The Kier molecular flexibility index (Phi) is 3.32. The zero-order valence-corrected chi connectivity index (χ0v) is 15.1. The molecule has 0 amide bonds. The number of fused-ring (bicyclic) bond motifs is 2. The summed E-state index contributed by atoms with van der Waals surface area (Å²) >= 11 is 0. The van der Waals surface area contributed by atoms with Crippen LogP contribution in [0.15, 0.2) is 54.7 Å². The van der Waals surface area contributed by atoms with Gasteiger partial charge < -0.3 is 0 Å². The SMILES string of the molecule is CC1(C)CCC(C)(C)c2cc(-c3cc4ccccc4cn3)ccc21. The molecule has 24 heavy (non-hydrogen) atoms. The van der Waals surface area contributed by atoms with E-state index in [1.54, 1.807) is 0 Å². The number of benzene rings is 2. The quantitative estimate of drug-likeness (QED) is 0.517. The number of aromatic nitrogens is 1. The Morgan fingerprint density at radius 1 is 0.750 bits per heavy atom. The second-order valence-corrected chi connectivity index (χ2v) is 8.44. The van der Waals surface area contributed by atoms with Crippen LogP contribution in [0.4, 0.5) is 0 Å². The highest BCUT2D eigenvalue weighted by molar-refractivity contribution is 5.85. The lowest BCUT2D eigenvalue weighted by atomic mass is 9.63. The lowest BCUT2D eigenvalue weighted by molar-refractivity contribution is 0.332. The minimum atomic E-state index is 0.234. The zero-order valence-electron chi connectivity index (χ0n) is 15.1. The van der Waals surface area contributed by atoms with Gasteiger partial charge in [-0.15, -0.1) is 0 Å². The van der Waals surface area contributed by atoms with E-state index in [1.165, 1.54) is 40.3 Å². The Bertz CT molecular complexity index is 918. The molecule has 0 radical (unpaired) electrons. The Hall–Kier alpha value is -2.15. The Morgan fingerprint density at radius 3 is 2.17 bits per heavy atom. The van der Waals surface area contributed by atoms with Gasteiger partial charge in [0.25, 0.3) is 0 Å². The van der Waals surface area contributed by atoms with Gasteiger partial charge in [-0.3, -0.25) is 4.98 Å². The van der Waals surface area contributed by atoms with Crippen LogP contribution in [0.25, 0.3) is 22.0 Å². The third-order valence-electron chi connectivity index (χ3n) is 5.78. The van der Waals surface area contributed by atoms with E-state index in [9.17, 15) is 0 Å². The standard InChI is InChI=1S/C23H25N/c1-22(2)11-12-23(3,4)20-13-17(9-10-19(20)22)21-14-16-7-5-6-8-18(16)15-24-21/h5-10,13-15H,11-12H2,1-4H3. The topological polar surface area (TPSA) is 12.9 Å². The van der Waals surface area contributed by atoms with Crippen molar-refractivity contribution in [1.82, 2.24) is 4.98 Å². The normalized spacial score (nSPS) is 18.3. The fourth-order valence-electron chi connectivity index (χ4n) is 3.99. The highest BCUT2D eigenvalue weighted by Crippen LogP contribution is 2.46. The van der Waals surface area contributed by atoms with E-state index in [2.05, 4.69) is 76.2 Å². The minimum absolute atomic E-state index is 0.234. The van der Waals surface area contributed by atoms with Crippen molar-refractivity contribution in [2.24, 2.45) is 0 Å². The van der Waals surface area contributed by atoms with E-state index in [-0.39, 0.29) is 10.8 Å². The summed E-state index contributed by atoms with van der Waals surface area (Å²) in [6.45, 7) is 9.49. The van der Waals surface area contributed by atoms with Crippen LogP contribution in [0, 0.1) is 0 Å². The number of hydrogen-bond donors (Lipinski definition) is 0. The first kappa shape index (κ1) is 15.4. The largest absolute Gasteiger partial charge is 0.256 e. The monoisotopic (exact) mass is 315 g/mol. The maximum absolute atomic E-state index is 4.71. The van der Waals surface area contributed by atoms with E-state index in [0.29, 0.717) is 0 Å². The lowest BCUT2D eigenvalue weighted by Gasteiger charge is -2.42. The van der Waals surface area contributed by atoms with Crippen LogP contribution in [0.2, 0.25) is 0 Å². The summed E-state index contributed by atoms with van der Waals surface area (Å²) in [6, 6.07) is 17.6. The van der Waals surface area contributed by atoms with Gasteiger partial charge in [0.1, 0.15) is 0 Å². The molecule has 122 valence electrons. The fraction of sp³-hybridized carbons (Fsp3) is 0.348. The molecule has 0 saturated carbocycles. The second kappa shape index (κ2) is 5.17. The second-order valence-electron chi connectivity index (χ2n) is 8.44. The summed E-state index contributed by atoms with van der Waals surface area (Å²) in [5.41, 5.74) is 5.79. The van der Waals surface area contributed by atoms with E-state index < -0.39 is 0 Å². The predicted molar refractivity (Wildman–Crippen MR) is 102 cm³/mol. The maximum Gasteiger partial charge on any atom is 0.0708 e. The first-order chi connectivity index (χ1) is 11.4. The predicted octanol–water partition coefficient (Wildman–Crippen LogP) is 6.25. The Morgan fingerprint density at radius 2 is 1.42 bits per heavy atom. The van der Waals surface area contributed by atoms with Crippen molar-refractivity contribution in [2.45, 2.75) is 51.4 Å². The van der Waals surface area contributed by atoms with Crippen LogP contribution >= 0.6 is 0 Å². The van der Waals surface area contributed by atoms with Gasteiger partial charge in [-0.1, -0.05) is 64.1 Å². The molecule has 3 aromatic rings. The molecule has 1 aromatic heterocycles. The highest BCUT2D eigenvalue weighted by Gasteiger charge is 2.36. The minimum Gasteiger partial charge on any atom is -0.256 e. The number of nitrogens with zero attached hydrogens (tertiary/aromatic N) is 1. The lowest BCUT2D eigenvalue weighted by Crippen LogP contribution is -2.33. The molecule has 1 aliphatic rings. The fourth-order valence-corrected chi connectivity index (χ4v) is 3.99. The molecule has 1 heteroatoms. The molecular weight excluding hydrogens is 290 g/mol. The Balaban J connectivity index is 1.87. The molecule has 0 spiro atoms. The van der Waals surface area contributed by atoms with Crippen LogP contribution in [-0.4, -0.2) is 4.98 Å². The molecule has 0 bridgehead atoms. The van der Waals surface area contributed by atoms with Crippen molar-refractivity contribution in [3.05, 3.63) is 65.9 Å². The summed E-state index contributed by atoms with van der Waals surface area (Å²) in [7, 11) is 0. The smallest absolute Gasteiger partial charge is 0.0708 e. The van der Waals surface area contributed by atoms with Gasteiger partial charge in [-0.2, -0.15) is 0 Å². The van der Waals surface area contributed by atoms with Crippen LogP contribution in [0.3, 0.4) is 0 Å². The molecule has 0 saturated heterocycles. The molecule has 0 N–H and O–H groups in total. The van der Waals surface area contributed by atoms with E-state index >= 15 is 0 Å². The Labute approximate surface area is 144 Å². The summed E-state index contributed by atoms with van der Waals surface area (Å²) in [6.07, 6.45) is 4.47. The van der Waals surface area contributed by atoms with Crippen LogP contribution in [0.5, 0.6) is 0 Å². The molecule has 0 unspecified atom stereocenters. The van der Waals surface area contributed by atoms with Gasteiger partial charge in [-0.05, 0) is 52.3 Å². The van der Waals surface area contributed by atoms with Crippen molar-refractivity contribution in [1.29, 1.82) is 0 Å². The number of pyridine rings is 1. The van der Waals surface area contributed by atoms with Crippen molar-refractivity contribution in [3.63, 3.8) is 0 Å². The molecule has 0 fully saturated rings.